The van der Waals surface area contributed by atoms with Gasteiger partial charge in [0, 0.05) is 44.1 Å². The first kappa shape index (κ1) is 21.2. The molecule has 0 aliphatic carbocycles. The van der Waals surface area contributed by atoms with Gasteiger partial charge in [-0.1, -0.05) is 0 Å². The van der Waals surface area contributed by atoms with Crippen molar-refractivity contribution in [3.8, 4) is 17.0 Å². The number of benzene rings is 1. The number of hydrogen-bond donors (Lipinski definition) is 2. The number of rotatable bonds is 10. The Labute approximate surface area is 156 Å². The third kappa shape index (κ3) is 5.95. The number of hydrogen-bond acceptors (Lipinski definition) is 5. The van der Waals surface area contributed by atoms with Crippen molar-refractivity contribution in [1.29, 1.82) is 0 Å². The van der Waals surface area contributed by atoms with E-state index in [0.717, 1.165) is 24.7 Å². The summed E-state index contributed by atoms with van der Waals surface area (Å²) in [6, 6.07) is 4.00. The van der Waals surface area contributed by atoms with Crippen LogP contribution in [0.3, 0.4) is 0 Å². The number of aromatic amines is 1. The van der Waals surface area contributed by atoms with Gasteiger partial charge in [-0.25, -0.2) is 0 Å². The van der Waals surface area contributed by atoms with E-state index < -0.39 is 11.7 Å². The number of halogens is 3. The standard InChI is InChI=1S/C18H25F3N4O2/c1-22-6-7-25(2)12-14-11-23-24-17(14)13-4-5-16(27-9-8-26-3)15(10-13)18(19,20)21/h4-5,10-11,22H,6-9,12H2,1-3H3,(H,23,24). The summed E-state index contributed by atoms with van der Waals surface area (Å²) in [5.41, 5.74) is 0.892. The fourth-order valence-corrected chi connectivity index (χ4v) is 2.62. The molecule has 0 spiro atoms. The predicted octanol–water partition coefficient (Wildman–Crippen LogP) is 2.77. The van der Waals surface area contributed by atoms with Gasteiger partial charge in [-0.3, -0.25) is 5.10 Å². The minimum atomic E-state index is -4.53. The molecular formula is C18H25F3N4O2. The number of aromatic nitrogens is 2. The van der Waals surface area contributed by atoms with Crippen LogP contribution in [0.15, 0.2) is 24.4 Å². The van der Waals surface area contributed by atoms with Crippen LogP contribution in [-0.4, -0.2) is 62.6 Å². The van der Waals surface area contributed by atoms with Gasteiger partial charge in [0.1, 0.15) is 12.4 Å². The van der Waals surface area contributed by atoms with Gasteiger partial charge in [0.2, 0.25) is 0 Å². The molecule has 27 heavy (non-hydrogen) atoms. The lowest BCUT2D eigenvalue weighted by molar-refractivity contribution is -0.139. The van der Waals surface area contributed by atoms with Gasteiger partial charge in [-0.05, 0) is 32.3 Å². The molecule has 0 unspecified atom stereocenters. The summed E-state index contributed by atoms with van der Waals surface area (Å²) in [7, 11) is 5.28. The second kappa shape index (κ2) is 9.72. The zero-order chi connectivity index (χ0) is 19.9. The largest absolute Gasteiger partial charge is 0.491 e. The van der Waals surface area contributed by atoms with Gasteiger partial charge < -0.3 is 19.7 Å². The van der Waals surface area contributed by atoms with E-state index in [0.29, 0.717) is 17.8 Å². The molecule has 2 rings (SSSR count). The first-order chi connectivity index (χ1) is 12.9. The molecule has 2 N–H and O–H groups in total. The van der Waals surface area contributed by atoms with Gasteiger partial charge in [-0.2, -0.15) is 18.3 Å². The number of H-pyrrole nitrogens is 1. The summed E-state index contributed by atoms with van der Waals surface area (Å²) < 4.78 is 50.5. The van der Waals surface area contributed by atoms with Crippen LogP contribution < -0.4 is 10.1 Å². The first-order valence-electron chi connectivity index (χ1n) is 8.56. The maximum atomic E-state index is 13.5. The molecule has 6 nitrogen and oxygen atoms in total. The van der Waals surface area contributed by atoms with Crippen LogP contribution in [-0.2, 0) is 17.5 Å². The molecule has 0 saturated heterocycles. The van der Waals surface area contributed by atoms with Crippen molar-refractivity contribution in [2.24, 2.45) is 0 Å². The number of likely N-dealkylation sites (N-methyl/N-ethyl adjacent to an activating group) is 2. The lowest BCUT2D eigenvalue weighted by Crippen LogP contribution is -2.27. The Morgan fingerprint density at radius 3 is 2.70 bits per heavy atom. The Morgan fingerprint density at radius 2 is 2.04 bits per heavy atom. The van der Waals surface area contributed by atoms with Crippen molar-refractivity contribution < 1.29 is 22.6 Å². The van der Waals surface area contributed by atoms with Gasteiger partial charge in [0.15, 0.2) is 0 Å². The number of ether oxygens (including phenoxy) is 2. The van der Waals surface area contributed by atoms with Crippen LogP contribution in [0.4, 0.5) is 13.2 Å². The Morgan fingerprint density at radius 1 is 1.26 bits per heavy atom. The average Bonchev–Trinajstić information content (AvgIpc) is 3.07. The summed E-state index contributed by atoms with van der Waals surface area (Å²) in [4.78, 5) is 2.07. The van der Waals surface area contributed by atoms with E-state index in [2.05, 4.69) is 20.4 Å². The number of nitrogens with zero attached hydrogens (tertiary/aromatic N) is 2. The number of nitrogens with one attached hydrogen (secondary N) is 2. The fourth-order valence-electron chi connectivity index (χ4n) is 2.62. The molecule has 1 heterocycles. The zero-order valence-corrected chi connectivity index (χ0v) is 15.7. The van der Waals surface area contributed by atoms with E-state index in [1.807, 2.05) is 14.1 Å². The van der Waals surface area contributed by atoms with Crippen LogP contribution in [0.2, 0.25) is 0 Å². The molecule has 0 amide bonds. The molecule has 0 saturated carbocycles. The molecule has 1 aromatic heterocycles. The first-order valence-corrected chi connectivity index (χ1v) is 8.56. The fraction of sp³-hybridized carbons (Fsp3) is 0.500. The molecule has 0 aliphatic heterocycles. The van der Waals surface area contributed by atoms with Crippen molar-refractivity contribution in [3.63, 3.8) is 0 Å². The minimum absolute atomic E-state index is 0.0445. The van der Waals surface area contributed by atoms with Crippen molar-refractivity contribution in [2.75, 3.05) is 47.5 Å². The Hall–Kier alpha value is -2.10. The van der Waals surface area contributed by atoms with Crippen molar-refractivity contribution >= 4 is 0 Å². The van der Waals surface area contributed by atoms with Crippen LogP contribution in [0.25, 0.3) is 11.3 Å². The van der Waals surface area contributed by atoms with Crippen molar-refractivity contribution in [2.45, 2.75) is 12.7 Å². The highest BCUT2D eigenvalue weighted by atomic mass is 19.4. The van der Waals surface area contributed by atoms with Crippen molar-refractivity contribution in [1.82, 2.24) is 20.4 Å². The van der Waals surface area contributed by atoms with Crippen LogP contribution in [0.1, 0.15) is 11.1 Å². The van der Waals surface area contributed by atoms with Gasteiger partial charge in [0.25, 0.3) is 0 Å². The summed E-state index contributed by atoms with van der Waals surface area (Å²) in [6.07, 6.45) is -2.82. The minimum Gasteiger partial charge on any atom is -0.491 e. The topological polar surface area (TPSA) is 62.4 Å². The number of methoxy groups -OCH3 is 1. The normalized spacial score (nSPS) is 12.0. The smallest absolute Gasteiger partial charge is 0.419 e. The van der Waals surface area contributed by atoms with E-state index in [1.54, 1.807) is 12.3 Å². The second-order valence-corrected chi connectivity index (χ2v) is 6.15. The maximum Gasteiger partial charge on any atom is 0.419 e. The van der Waals surface area contributed by atoms with Crippen LogP contribution in [0.5, 0.6) is 5.75 Å². The molecule has 9 heteroatoms. The van der Waals surface area contributed by atoms with Crippen LogP contribution >= 0.6 is 0 Å². The number of alkyl halides is 3. The highest BCUT2D eigenvalue weighted by Crippen LogP contribution is 2.39. The monoisotopic (exact) mass is 386 g/mol. The predicted molar refractivity (Wildman–Crippen MR) is 96.7 cm³/mol. The lowest BCUT2D eigenvalue weighted by Gasteiger charge is -2.17. The summed E-state index contributed by atoms with van der Waals surface area (Å²) in [5.74, 6) is -0.216. The van der Waals surface area contributed by atoms with E-state index in [4.69, 9.17) is 9.47 Å². The molecule has 2 aromatic rings. The molecule has 0 bridgehead atoms. The molecular weight excluding hydrogens is 361 g/mol. The Bertz CT molecular complexity index is 719. The molecule has 0 atom stereocenters. The lowest BCUT2D eigenvalue weighted by atomic mass is 10.0. The second-order valence-electron chi connectivity index (χ2n) is 6.15. The maximum absolute atomic E-state index is 13.5. The average molecular weight is 386 g/mol. The van der Waals surface area contributed by atoms with E-state index in [-0.39, 0.29) is 19.0 Å². The summed E-state index contributed by atoms with van der Waals surface area (Å²) in [6.45, 7) is 2.45. The van der Waals surface area contributed by atoms with E-state index >= 15 is 0 Å². The van der Waals surface area contributed by atoms with Crippen LogP contribution in [0, 0.1) is 0 Å². The van der Waals surface area contributed by atoms with E-state index in [1.165, 1.54) is 13.2 Å². The molecule has 0 radical (unpaired) electrons. The van der Waals surface area contributed by atoms with Gasteiger partial charge in [-0.15, -0.1) is 0 Å². The quantitative estimate of drug-likeness (QED) is 0.615. The molecule has 0 fully saturated rings. The summed E-state index contributed by atoms with van der Waals surface area (Å²) >= 11 is 0. The van der Waals surface area contributed by atoms with Gasteiger partial charge in [0.05, 0.1) is 17.9 Å². The highest BCUT2D eigenvalue weighted by molar-refractivity contribution is 5.65. The van der Waals surface area contributed by atoms with Crippen molar-refractivity contribution in [3.05, 3.63) is 35.5 Å². The molecule has 1 aromatic carbocycles. The van der Waals surface area contributed by atoms with E-state index in [9.17, 15) is 13.2 Å². The SMILES string of the molecule is CNCCN(C)Cc1c[nH]nc1-c1ccc(OCCOC)c(C(F)(F)F)c1. The Balaban J connectivity index is 2.28. The molecule has 150 valence electrons. The van der Waals surface area contributed by atoms with Gasteiger partial charge >= 0.3 is 6.18 Å². The third-order valence-corrected chi connectivity index (χ3v) is 4.01. The highest BCUT2D eigenvalue weighted by Gasteiger charge is 2.35. The third-order valence-electron chi connectivity index (χ3n) is 4.01. The zero-order valence-electron chi connectivity index (χ0n) is 15.7. The Kier molecular flexibility index (Phi) is 7.64. The molecule has 0 aliphatic rings. The summed E-state index contributed by atoms with van der Waals surface area (Å²) in [5, 5.41) is 9.97.